The molecule has 1 fully saturated rings. The monoisotopic (exact) mass is 258 g/mol. The fourth-order valence-corrected chi connectivity index (χ4v) is 2.31. The molecule has 0 amide bonds. The van der Waals surface area contributed by atoms with Gasteiger partial charge in [0, 0.05) is 20.1 Å². The molecule has 1 aliphatic rings. The van der Waals surface area contributed by atoms with Crippen LogP contribution in [0, 0.1) is 0 Å². The topological polar surface area (TPSA) is 44.8 Å². The van der Waals surface area contributed by atoms with Crippen molar-refractivity contribution in [3.63, 3.8) is 0 Å². The van der Waals surface area contributed by atoms with Gasteiger partial charge in [0.25, 0.3) is 0 Å². The van der Waals surface area contributed by atoms with Crippen LogP contribution in [0.2, 0.25) is 0 Å². The number of rotatable bonds is 7. The number of methoxy groups -OCH3 is 1. The molecule has 0 spiro atoms. The maximum absolute atomic E-state index is 12.0. The lowest BCUT2D eigenvalue weighted by molar-refractivity contribution is -0.298. The zero-order valence-corrected chi connectivity index (χ0v) is 12.0. The van der Waals surface area contributed by atoms with E-state index in [0.717, 1.165) is 25.7 Å². The Hall–Kier alpha value is -0.450. The Balaban J connectivity index is 2.62. The van der Waals surface area contributed by atoms with E-state index in [1.165, 1.54) is 0 Å². The van der Waals surface area contributed by atoms with Crippen molar-refractivity contribution >= 4 is 5.78 Å². The average Bonchev–Trinajstić information content (AvgIpc) is 2.36. The van der Waals surface area contributed by atoms with Crippen LogP contribution < -0.4 is 0 Å². The molecule has 0 saturated carbocycles. The molecule has 106 valence electrons. The van der Waals surface area contributed by atoms with E-state index in [1.54, 1.807) is 7.11 Å². The maximum Gasteiger partial charge on any atom is 0.192 e. The summed E-state index contributed by atoms with van der Waals surface area (Å²) in [6.45, 7) is 6.47. The number of hydrogen-bond donors (Lipinski definition) is 0. The van der Waals surface area contributed by atoms with E-state index in [9.17, 15) is 4.79 Å². The lowest BCUT2D eigenvalue weighted by Crippen LogP contribution is -2.55. The van der Waals surface area contributed by atoms with Crippen molar-refractivity contribution in [1.82, 2.24) is 0 Å². The molecule has 3 atom stereocenters. The van der Waals surface area contributed by atoms with Crippen molar-refractivity contribution in [2.45, 2.75) is 70.9 Å². The minimum Gasteiger partial charge on any atom is -0.372 e. The van der Waals surface area contributed by atoms with Gasteiger partial charge < -0.3 is 14.2 Å². The van der Waals surface area contributed by atoms with Crippen LogP contribution >= 0.6 is 0 Å². The van der Waals surface area contributed by atoms with Crippen molar-refractivity contribution in [1.29, 1.82) is 0 Å². The molecule has 0 aliphatic carbocycles. The second kappa shape index (κ2) is 7.22. The molecule has 4 heteroatoms. The summed E-state index contributed by atoms with van der Waals surface area (Å²) >= 11 is 0. The molecule has 0 aromatic carbocycles. The maximum atomic E-state index is 12.0. The van der Waals surface area contributed by atoms with E-state index in [1.807, 2.05) is 13.8 Å². The van der Waals surface area contributed by atoms with Gasteiger partial charge in [0.15, 0.2) is 11.6 Å². The van der Waals surface area contributed by atoms with Crippen LogP contribution in [0.5, 0.6) is 0 Å². The van der Waals surface area contributed by atoms with Gasteiger partial charge in [-0.2, -0.15) is 0 Å². The minimum absolute atomic E-state index is 0.138. The molecule has 1 rings (SSSR count). The Morgan fingerprint density at radius 3 is 2.67 bits per heavy atom. The number of unbranched alkanes of at least 4 members (excludes halogenated alkanes) is 2. The highest BCUT2D eigenvalue weighted by Crippen LogP contribution is 2.31. The van der Waals surface area contributed by atoms with Gasteiger partial charge in [0.1, 0.15) is 12.2 Å². The van der Waals surface area contributed by atoms with Crippen molar-refractivity contribution in [3.05, 3.63) is 0 Å². The van der Waals surface area contributed by atoms with E-state index < -0.39 is 5.79 Å². The molecule has 0 aromatic heterocycles. The summed E-state index contributed by atoms with van der Waals surface area (Å²) < 4.78 is 16.8. The van der Waals surface area contributed by atoms with Crippen LogP contribution in [0.15, 0.2) is 0 Å². The summed E-state index contributed by atoms with van der Waals surface area (Å²) in [6, 6.07) is 0. The van der Waals surface area contributed by atoms with Crippen LogP contribution in [0.4, 0.5) is 0 Å². The molecule has 1 heterocycles. The van der Waals surface area contributed by atoms with Crippen LogP contribution in [0.25, 0.3) is 0 Å². The van der Waals surface area contributed by atoms with Gasteiger partial charge in [-0.1, -0.05) is 26.2 Å². The zero-order chi connectivity index (χ0) is 13.6. The fourth-order valence-electron chi connectivity index (χ4n) is 2.31. The lowest BCUT2D eigenvalue weighted by atomic mass is 9.94. The van der Waals surface area contributed by atoms with Gasteiger partial charge in [-0.05, 0) is 20.3 Å². The average molecular weight is 258 g/mol. The van der Waals surface area contributed by atoms with Crippen LogP contribution in [-0.2, 0) is 19.0 Å². The SMILES string of the molecule is CCCCCC1OC(C)(OC)C(OCC)CC1=O. The normalized spacial score (nSPS) is 32.8. The fraction of sp³-hybridized carbons (Fsp3) is 0.929. The summed E-state index contributed by atoms with van der Waals surface area (Å²) in [5, 5.41) is 0. The molecular weight excluding hydrogens is 232 g/mol. The molecule has 0 aromatic rings. The van der Waals surface area contributed by atoms with Crippen molar-refractivity contribution < 1.29 is 19.0 Å². The second-order valence-corrected chi connectivity index (χ2v) is 4.94. The summed E-state index contributed by atoms with van der Waals surface area (Å²) in [5.74, 6) is -0.667. The van der Waals surface area contributed by atoms with Gasteiger partial charge in [-0.3, -0.25) is 4.79 Å². The number of ether oxygens (including phenoxy) is 3. The van der Waals surface area contributed by atoms with Crippen LogP contribution in [0.1, 0.15) is 52.9 Å². The van der Waals surface area contributed by atoms with Gasteiger partial charge in [0.2, 0.25) is 0 Å². The molecule has 1 saturated heterocycles. The molecule has 0 bridgehead atoms. The quantitative estimate of drug-likeness (QED) is 0.659. The van der Waals surface area contributed by atoms with E-state index in [0.29, 0.717) is 13.0 Å². The Kier molecular flexibility index (Phi) is 6.26. The largest absolute Gasteiger partial charge is 0.372 e. The lowest BCUT2D eigenvalue weighted by Gasteiger charge is -2.42. The van der Waals surface area contributed by atoms with Gasteiger partial charge in [0.05, 0.1) is 0 Å². The predicted octanol–water partition coefficient (Wildman–Crippen LogP) is 2.69. The Morgan fingerprint density at radius 2 is 2.11 bits per heavy atom. The first kappa shape index (κ1) is 15.6. The van der Waals surface area contributed by atoms with E-state index in [-0.39, 0.29) is 18.0 Å². The first-order valence-corrected chi connectivity index (χ1v) is 6.94. The van der Waals surface area contributed by atoms with Crippen molar-refractivity contribution in [3.8, 4) is 0 Å². The molecular formula is C14H26O4. The number of ketones is 1. The third-order valence-corrected chi connectivity index (χ3v) is 3.55. The summed E-state index contributed by atoms with van der Waals surface area (Å²) in [6.07, 6.45) is 3.82. The zero-order valence-electron chi connectivity index (χ0n) is 12.0. The highest BCUT2D eigenvalue weighted by molar-refractivity contribution is 5.84. The third kappa shape index (κ3) is 3.77. The van der Waals surface area contributed by atoms with Gasteiger partial charge in [-0.25, -0.2) is 0 Å². The third-order valence-electron chi connectivity index (χ3n) is 3.55. The standard InChI is InChI=1S/C14H26O4/c1-5-7-8-9-12-11(15)10-13(17-6-2)14(3,16-4)18-12/h12-13H,5-10H2,1-4H3. The molecule has 3 unspecified atom stereocenters. The molecule has 0 radical (unpaired) electrons. The first-order valence-electron chi connectivity index (χ1n) is 6.94. The molecule has 18 heavy (non-hydrogen) atoms. The Morgan fingerprint density at radius 1 is 1.39 bits per heavy atom. The first-order chi connectivity index (χ1) is 8.57. The minimum atomic E-state index is -0.805. The van der Waals surface area contributed by atoms with Gasteiger partial charge in [-0.15, -0.1) is 0 Å². The summed E-state index contributed by atoms with van der Waals surface area (Å²) in [5.41, 5.74) is 0. The smallest absolute Gasteiger partial charge is 0.192 e. The van der Waals surface area contributed by atoms with E-state index >= 15 is 0 Å². The number of hydrogen-bond acceptors (Lipinski definition) is 4. The van der Waals surface area contributed by atoms with E-state index in [4.69, 9.17) is 14.2 Å². The van der Waals surface area contributed by atoms with Gasteiger partial charge >= 0.3 is 0 Å². The highest BCUT2D eigenvalue weighted by Gasteiger charge is 2.46. The number of Topliss-reactive ketones (excluding diaryl/α,β-unsaturated/α-hetero) is 1. The Bertz CT molecular complexity index is 267. The van der Waals surface area contributed by atoms with Crippen LogP contribution in [-0.4, -0.2) is 37.5 Å². The Labute approximate surface area is 110 Å². The van der Waals surface area contributed by atoms with E-state index in [2.05, 4.69) is 6.92 Å². The molecule has 0 N–H and O–H groups in total. The molecule has 1 aliphatic heterocycles. The second-order valence-electron chi connectivity index (χ2n) is 4.94. The predicted molar refractivity (Wildman–Crippen MR) is 69.5 cm³/mol. The summed E-state index contributed by atoms with van der Waals surface area (Å²) in [4.78, 5) is 12.0. The number of carbonyl (C=O) groups is 1. The summed E-state index contributed by atoms with van der Waals surface area (Å²) in [7, 11) is 1.60. The molecule has 4 nitrogen and oxygen atoms in total. The highest BCUT2D eigenvalue weighted by atomic mass is 16.7. The van der Waals surface area contributed by atoms with Crippen LogP contribution in [0.3, 0.4) is 0 Å². The number of carbonyl (C=O) groups excluding carboxylic acids is 1. The van der Waals surface area contributed by atoms with Crippen molar-refractivity contribution in [2.75, 3.05) is 13.7 Å². The van der Waals surface area contributed by atoms with Crippen molar-refractivity contribution in [2.24, 2.45) is 0 Å².